The van der Waals surface area contributed by atoms with Crippen molar-refractivity contribution in [3.8, 4) is 0 Å². The zero-order valence-electron chi connectivity index (χ0n) is 8.92. The molecule has 2 fully saturated rings. The Morgan fingerprint density at radius 3 is 2.94 bits per heavy atom. The van der Waals surface area contributed by atoms with Gasteiger partial charge in [-0.2, -0.15) is 0 Å². The summed E-state index contributed by atoms with van der Waals surface area (Å²) in [7, 11) is 0. The SMILES string of the molecule is O=C(O)C1CSCN1C(=O)CC1CCCO1. The fraction of sp³-hybridized carbons (Fsp3) is 0.800. The van der Waals surface area contributed by atoms with Crippen molar-refractivity contribution in [2.75, 3.05) is 18.2 Å². The van der Waals surface area contributed by atoms with Gasteiger partial charge in [0.1, 0.15) is 6.04 Å². The average Bonchev–Trinajstić information content (AvgIpc) is 2.86. The number of carbonyl (C=O) groups excluding carboxylic acids is 1. The molecule has 2 atom stereocenters. The smallest absolute Gasteiger partial charge is 0.327 e. The quantitative estimate of drug-likeness (QED) is 0.786. The van der Waals surface area contributed by atoms with Gasteiger partial charge in [0.05, 0.1) is 18.4 Å². The second kappa shape index (κ2) is 5.05. The van der Waals surface area contributed by atoms with Crippen molar-refractivity contribution in [1.29, 1.82) is 0 Å². The highest BCUT2D eigenvalue weighted by Crippen LogP contribution is 2.24. The number of thioether (sulfide) groups is 1. The molecular formula is C10H15NO4S. The van der Waals surface area contributed by atoms with E-state index in [2.05, 4.69) is 0 Å². The number of hydrogen-bond donors (Lipinski definition) is 1. The molecule has 5 nitrogen and oxygen atoms in total. The van der Waals surface area contributed by atoms with E-state index < -0.39 is 12.0 Å². The summed E-state index contributed by atoms with van der Waals surface area (Å²) < 4.78 is 5.38. The topological polar surface area (TPSA) is 66.8 Å². The van der Waals surface area contributed by atoms with Crippen molar-refractivity contribution in [2.24, 2.45) is 0 Å². The highest BCUT2D eigenvalue weighted by molar-refractivity contribution is 7.99. The lowest BCUT2D eigenvalue weighted by Gasteiger charge is -2.21. The first-order valence-corrected chi connectivity index (χ1v) is 6.55. The van der Waals surface area contributed by atoms with Gasteiger partial charge in [-0.05, 0) is 12.8 Å². The van der Waals surface area contributed by atoms with E-state index in [-0.39, 0.29) is 12.0 Å². The van der Waals surface area contributed by atoms with Crippen LogP contribution in [-0.2, 0) is 14.3 Å². The predicted octanol–water partition coefficient (Wildman–Crippen LogP) is 0.542. The molecule has 2 aliphatic heterocycles. The molecule has 0 aromatic rings. The third-order valence-electron chi connectivity index (χ3n) is 2.91. The molecule has 0 bridgehead atoms. The van der Waals surface area contributed by atoms with E-state index >= 15 is 0 Å². The van der Waals surface area contributed by atoms with Crippen molar-refractivity contribution in [2.45, 2.75) is 31.4 Å². The average molecular weight is 245 g/mol. The highest BCUT2D eigenvalue weighted by Gasteiger charge is 2.35. The summed E-state index contributed by atoms with van der Waals surface area (Å²) in [6, 6.07) is -0.654. The van der Waals surface area contributed by atoms with Crippen molar-refractivity contribution >= 4 is 23.6 Å². The third-order valence-corrected chi connectivity index (χ3v) is 3.93. The Morgan fingerprint density at radius 2 is 2.31 bits per heavy atom. The number of hydrogen-bond acceptors (Lipinski definition) is 4. The number of carbonyl (C=O) groups is 2. The Balaban J connectivity index is 1.90. The van der Waals surface area contributed by atoms with Crippen molar-refractivity contribution in [1.82, 2.24) is 4.90 Å². The summed E-state index contributed by atoms with van der Waals surface area (Å²) in [6.07, 6.45) is 2.22. The zero-order chi connectivity index (χ0) is 11.5. The fourth-order valence-electron chi connectivity index (χ4n) is 2.01. The molecule has 90 valence electrons. The first-order valence-electron chi connectivity index (χ1n) is 5.40. The van der Waals surface area contributed by atoms with Crippen molar-refractivity contribution in [3.05, 3.63) is 0 Å². The van der Waals surface area contributed by atoms with Gasteiger partial charge in [-0.1, -0.05) is 0 Å². The van der Waals surface area contributed by atoms with Crippen LogP contribution in [0, 0.1) is 0 Å². The van der Waals surface area contributed by atoms with Gasteiger partial charge in [0.2, 0.25) is 5.91 Å². The Morgan fingerprint density at radius 1 is 1.50 bits per heavy atom. The van der Waals surface area contributed by atoms with Crippen LogP contribution in [0.2, 0.25) is 0 Å². The van der Waals surface area contributed by atoms with E-state index in [0.29, 0.717) is 18.1 Å². The lowest BCUT2D eigenvalue weighted by atomic mass is 10.1. The molecule has 1 amide bonds. The second-order valence-corrected chi connectivity index (χ2v) is 5.06. The highest BCUT2D eigenvalue weighted by atomic mass is 32.2. The van der Waals surface area contributed by atoms with Gasteiger partial charge in [0.15, 0.2) is 0 Å². The number of carboxylic acid groups (broad SMARTS) is 1. The molecule has 0 aliphatic carbocycles. The molecule has 2 rings (SSSR count). The van der Waals surface area contributed by atoms with Crippen LogP contribution in [0.1, 0.15) is 19.3 Å². The molecule has 2 saturated heterocycles. The molecule has 0 saturated carbocycles. The van der Waals surface area contributed by atoms with Crippen LogP contribution in [-0.4, -0.2) is 52.3 Å². The van der Waals surface area contributed by atoms with E-state index in [1.807, 2.05) is 0 Å². The number of amides is 1. The van der Waals surface area contributed by atoms with E-state index in [4.69, 9.17) is 9.84 Å². The maximum Gasteiger partial charge on any atom is 0.327 e. The largest absolute Gasteiger partial charge is 0.480 e. The predicted molar refractivity (Wildman–Crippen MR) is 59.2 cm³/mol. The molecular weight excluding hydrogens is 230 g/mol. The number of aliphatic carboxylic acids is 1. The van der Waals surface area contributed by atoms with Gasteiger partial charge in [-0.25, -0.2) is 4.79 Å². The minimum atomic E-state index is -0.911. The molecule has 6 heteroatoms. The van der Waals surface area contributed by atoms with Gasteiger partial charge in [0, 0.05) is 12.4 Å². The van der Waals surface area contributed by atoms with Gasteiger partial charge in [0.25, 0.3) is 0 Å². The number of rotatable bonds is 3. The maximum atomic E-state index is 11.9. The maximum absolute atomic E-state index is 11.9. The lowest BCUT2D eigenvalue weighted by molar-refractivity contribution is -0.148. The minimum absolute atomic E-state index is 0.00690. The first kappa shape index (κ1) is 11.7. The fourth-order valence-corrected chi connectivity index (χ4v) is 3.18. The Bertz CT molecular complexity index is 291. The summed E-state index contributed by atoms with van der Waals surface area (Å²) in [5.41, 5.74) is 0. The molecule has 2 aliphatic rings. The van der Waals surface area contributed by atoms with E-state index in [1.54, 1.807) is 0 Å². The lowest BCUT2D eigenvalue weighted by Crippen LogP contribution is -2.42. The summed E-state index contributed by atoms with van der Waals surface area (Å²) in [5.74, 6) is -0.0234. The molecule has 2 heterocycles. The molecule has 0 spiro atoms. The Labute approximate surface area is 98.1 Å². The Kier molecular flexibility index (Phi) is 3.70. The molecule has 2 unspecified atom stereocenters. The van der Waals surface area contributed by atoms with Crippen LogP contribution in [0.15, 0.2) is 0 Å². The number of carboxylic acids is 1. The summed E-state index contributed by atoms with van der Waals surface area (Å²) >= 11 is 1.49. The third kappa shape index (κ3) is 2.49. The minimum Gasteiger partial charge on any atom is -0.480 e. The second-order valence-electron chi connectivity index (χ2n) is 4.06. The summed E-state index contributed by atoms with van der Waals surface area (Å²) in [6.45, 7) is 0.717. The first-order chi connectivity index (χ1) is 7.68. The number of ether oxygens (including phenoxy) is 1. The zero-order valence-corrected chi connectivity index (χ0v) is 9.74. The monoisotopic (exact) mass is 245 g/mol. The van der Waals surface area contributed by atoms with E-state index in [1.165, 1.54) is 16.7 Å². The van der Waals surface area contributed by atoms with Crippen LogP contribution in [0.5, 0.6) is 0 Å². The number of nitrogens with zero attached hydrogens (tertiary/aromatic N) is 1. The van der Waals surface area contributed by atoms with E-state index in [9.17, 15) is 9.59 Å². The van der Waals surface area contributed by atoms with Crippen molar-refractivity contribution in [3.63, 3.8) is 0 Å². The van der Waals surface area contributed by atoms with Gasteiger partial charge in [-0.3, -0.25) is 4.79 Å². The summed E-state index contributed by atoms with van der Waals surface area (Å²) in [5, 5.41) is 8.95. The van der Waals surface area contributed by atoms with Crippen LogP contribution >= 0.6 is 11.8 Å². The van der Waals surface area contributed by atoms with Crippen LogP contribution in [0.3, 0.4) is 0 Å². The van der Waals surface area contributed by atoms with Crippen LogP contribution in [0.4, 0.5) is 0 Å². The molecule has 1 N–H and O–H groups in total. The summed E-state index contributed by atoms with van der Waals surface area (Å²) in [4.78, 5) is 24.3. The molecule has 16 heavy (non-hydrogen) atoms. The standard InChI is InChI=1S/C10H15NO4S/c12-9(4-7-2-1-3-15-7)11-6-16-5-8(11)10(13)14/h7-8H,1-6H2,(H,13,14). The normalized spacial score (nSPS) is 29.6. The molecule has 0 aromatic heterocycles. The van der Waals surface area contributed by atoms with Crippen LogP contribution in [0.25, 0.3) is 0 Å². The molecule has 0 aromatic carbocycles. The van der Waals surface area contributed by atoms with Crippen molar-refractivity contribution < 1.29 is 19.4 Å². The van der Waals surface area contributed by atoms with Crippen LogP contribution < -0.4 is 0 Å². The van der Waals surface area contributed by atoms with E-state index in [0.717, 1.165) is 19.4 Å². The molecule has 0 radical (unpaired) electrons. The van der Waals surface area contributed by atoms with Gasteiger partial charge < -0.3 is 14.7 Å². The van der Waals surface area contributed by atoms with Gasteiger partial charge in [-0.15, -0.1) is 11.8 Å². The Hall–Kier alpha value is -0.750. The van der Waals surface area contributed by atoms with Gasteiger partial charge >= 0.3 is 5.97 Å².